The Morgan fingerprint density at radius 3 is 2.67 bits per heavy atom. The zero-order valence-electron chi connectivity index (χ0n) is 10.5. The van der Waals surface area contributed by atoms with Crippen molar-refractivity contribution in [3.8, 4) is 0 Å². The van der Waals surface area contributed by atoms with Crippen molar-refractivity contribution in [3.05, 3.63) is 30.5 Å². The van der Waals surface area contributed by atoms with Crippen molar-refractivity contribution in [2.75, 3.05) is 13.2 Å². The van der Waals surface area contributed by atoms with Crippen LogP contribution in [-0.2, 0) is 9.31 Å². The van der Waals surface area contributed by atoms with Crippen molar-refractivity contribution < 1.29 is 9.31 Å². The van der Waals surface area contributed by atoms with E-state index in [-0.39, 0.29) is 12.5 Å². The molecule has 1 aliphatic rings. The molecule has 18 heavy (non-hydrogen) atoms. The molecule has 1 aromatic heterocycles. The quantitative estimate of drug-likeness (QED) is 0.738. The molecule has 0 atom stereocenters. The minimum Gasteiger partial charge on any atom is -0.407 e. The van der Waals surface area contributed by atoms with Gasteiger partial charge < -0.3 is 9.31 Å². The molecule has 0 aliphatic carbocycles. The van der Waals surface area contributed by atoms with Crippen LogP contribution in [0, 0.1) is 5.41 Å². The average Bonchev–Trinajstić information content (AvgIpc) is 2.71. The maximum atomic E-state index is 6.00. The van der Waals surface area contributed by atoms with Crippen molar-refractivity contribution in [1.29, 1.82) is 0 Å². The molecule has 0 N–H and O–H groups in total. The van der Waals surface area contributed by atoms with Crippen LogP contribution in [-0.4, -0.2) is 24.4 Å². The van der Waals surface area contributed by atoms with Gasteiger partial charge in [0.2, 0.25) is 0 Å². The molecule has 1 aromatic carbocycles. The highest BCUT2D eigenvalue weighted by molar-refractivity contribution is 6.61. The summed E-state index contributed by atoms with van der Waals surface area (Å²) in [4.78, 5) is 0. The summed E-state index contributed by atoms with van der Waals surface area (Å²) in [5.41, 5.74) is 2.14. The van der Waals surface area contributed by atoms with Gasteiger partial charge >= 0.3 is 7.12 Å². The number of benzene rings is 1. The van der Waals surface area contributed by atoms with E-state index in [1.165, 1.54) is 0 Å². The van der Waals surface area contributed by atoms with Crippen LogP contribution in [0.4, 0.5) is 0 Å². The van der Waals surface area contributed by atoms with Crippen LogP contribution in [0.5, 0.6) is 0 Å². The second-order valence-corrected chi connectivity index (χ2v) is 5.93. The molecule has 0 unspecified atom stereocenters. The molecule has 1 saturated heterocycles. The lowest BCUT2D eigenvalue weighted by atomic mass is 9.75. The highest BCUT2D eigenvalue weighted by Gasteiger charge is 2.33. The molecular formula is C13H15BClNO2. The first-order chi connectivity index (χ1) is 8.55. The summed E-state index contributed by atoms with van der Waals surface area (Å²) in [7, 11) is -0.263. The van der Waals surface area contributed by atoms with Gasteiger partial charge in [0.1, 0.15) is 0 Å². The Labute approximate surface area is 112 Å². The van der Waals surface area contributed by atoms with Crippen molar-refractivity contribution in [2.24, 2.45) is 5.41 Å². The Morgan fingerprint density at radius 1 is 1.22 bits per heavy atom. The van der Waals surface area contributed by atoms with Crippen molar-refractivity contribution >= 4 is 35.3 Å². The molecule has 0 saturated carbocycles. The minimum absolute atomic E-state index is 0.0973. The smallest absolute Gasteiger partial charge is 0.407 e. The summed E-state index contributed by atoms with van der Waals surface area (Å²) < 4.78 is 13.1. The van der Waals surface area contributed by atoms with E-state index in [0.29, 0.717) is 13.2 Å². The number of aromatic nitrogens is 1. The number of halogens is 1. The Balaban J connectivity index is 1.87. The third-order valence-electron chi connectivity index (χ3n) is 3.19. The van der Waals surface area contributed by atoms with Crippen LogP contribution >= 0.6 is 11.8 Å². The maximum Gasteiger partial charge on any atom is 0.493 e. The van der Waals surface area contributed by atoms with Crippen LogP contribution < -0.4 is 5.46 Å². The predicted molar refractivity (Wildman–Crippen MR) is 74.3 cm³/mol. The molecule has 0 spiro atoms. The zero-order chi connectivity index (χ0) is 12.8. The normalized spacial score (nSPS) is 19.4. The maximum absolute atomic E-state index is 6.00. The first kappa shape index (κ1) is 12.1. The van der Waals surface area contributed by atoms with Gasteiger partial charge in [0, 0.05) is 42.0 Å². The second kappa shape index (κ2) is 4.30. The summed E-state index contributed by atoms with van der Waals surface area (Å²) >= 11 is 6.00. The van der Waals surface area contributed by atoms with E-state index in [1.807, 2.05) is 24.4 Å². The van der Waals surface area contributed by atoms with E-state index in [4.69, 9.17) is 21.1 Å². The fourth-order valence-electron chi connectivity index (χ4n) is 2.16. The van der Waals surface area contributed by atoms with Crippen LogP contribution in [0.25, 0.3) is 10.9 Å². The van der Waals surface area contributed by atoms with Crippen molar-refractivity contribution in [2.45, 2.75) is 13.8 Å². The molecule has 3 rings (SSSR count). The standard InChI is InChI=1S/C13H15BClNO2/c1-13(2)8-17-14(18-9-13)11-3-4-12-10(7-11)5-6-16(12)15/h3-7H,8-9H2,1-2H3. The van der Waals surface area contributed by atoms with Crippen LogP contribution in [0.15, 0.2) is 30.5 Å². The summed E-state index contributed by atoms with van der Waals surface area (Å²) in [5, 5.41) is 1.10. The van der Waals surface area contributed by atoms with Gasteiger partial charge in [-0.2, -0.15) is 0 Å². The molecular weight excluding hydrogens is 248 g/mol. The molecule has 0 bridgehead atoms. The lowest BCUT2D eigenvalue weighted by Crippen LogP contribution is -2.47. The number of hydrogen-bond donors (Lipinski definition) is 0. The first-order valence-electron chi connectivity index (χ1n) is 6.06. The highest BCUT2D eigenvalue weighted by atomic mass is 35.5. The van der Waals surface area contributed by atoms with Gasteiger partial charge in [0.05, 0.1) is 5.52 Å². The first-order valence-corrected chi connectivity index (χ1v) is 6.39. The van der Waals surface area contributed by atoms with Crippen molar-refractivity contribution in [1.82, 2.24) is 4.09 Å². The Hall–Kier alpha value is -0.965. The molecule has 0 amide bonds. The number of hydrogen-bond acceptors (Lipinski definition) is 2. The molecule has 2 aromatic rings. The largest absolute Gasteiger partial charge is 0.493 e. The monoisotopic (exact) mass is 263 g/mol. The summed E-state index contributed by atoms with van der Waals surface area (Å²) in [6.45, 7) is 5.71. The summed E-state index contributed by atoms with van der Waals surface area (Å²) in [6.07, 6.45) is 1.84. The number of nitrogens with zero attached hydrogens (tertiary/aromatic N) is 1. The van der Waals surface area contributed by atoms with E-state index >= 15 is 0 Å². The molecule has 94 valence electrons. The fourth-order valence-corrected chi connectivity index (χ4v) is 2.37. The third kappa shape index (κ3) is 2.16. The zero-order valence-corrected chi connectivity index (χ0v) is 11.3. The molecule has 5 heteroatoms. The van der Waals surface area contributed by atoms with E-state index in [9.17, 15) is 0 Å². The third-order valence-corrected chi connectivity index (χ3v) is 3.48. The van der Waals surface area contributed by atoms with Gasteiger partial charge in [0.15, 0.2) is 0 Å². The predicted octanol–water partition coefficient (Wildman–Crippen LogP) is 2.41. The van der Waals surface area contributed by atoms with Crippen LogP contribution in [0.1, 0.15) is 13.8 Å². The van der Waals surface area contributed by atoms with E-state index in [2.05, 4.69) is 19.9 Å². The van der Waals surface area contributed by atoms with Gasteiger partial charge in [-0.25, -0.2) is 0 Å². The summed E-state index contributed by atoms with van der Waals surface area (Å²) in [6, 6.07) is 8.05. The summed E-state index contributed by atoms with van der Waals surface area (Å²) in [5.74, 6) is 0. The van der Waals surface area contributed by atoms with Gasteiger partial charge in [-0.1, -0.05) is 26.0 Å². The lowest BCUT2D eigenvalue weighted by Gasteiger charge is -2.33. The van der Waals surface area contributed by atoms with Gasteiger partial charge in [-0.3, -0.25) is 4.09 Å². The Kier molecular flexibility index (Phi) is 2.89. The molecule has 1 aliphatic heterocycles. The lowest BCUT2D eigenvalue weighted by molar-refractivity contribution is 0.0343. The van der Waals surface area contributed by atoms with Gasteiger partial charge in [-0.05, 0) is 17.6 Å². The van der Waals surface area contributed by atoms with Gasteiger partial charge in [-0.15, -0.1) is 0 Å². The number of rotatable bonds is 1. The topological polar surface area (TPSA) is 23.4 Å². The second-order valence-electron chi connectivity index (χ2n) is 5.56. The van der Waals surface area contributed by atoms with E-state index in [1.54, 1.807) is 4.09 Å². The Morgan fingerprint density at radius 2 is 1.94 bits per heavy atom. The number of fused-ring (bicyclic) bond motifs is 1. The van der Waals surface area contributed by atoms with Gasteiger partial charge in [0.25, 0.3) is 0 Å². The van der Waals surface area contributed by atoms with Crippen molar-refractivity contribution in [3.63, 3.8) is 0 Å². The molecule has 3 nitrogen and oxygen atoms in total. The van der Waals surface area contributed by atoms with E-state index in [0.717, 1.165) is 16.4 Å². The highest BCUT2D eigenvalue weighted by Crippen LogP contribution is 2.22. The van der Waals surface area contributed by atoms with Crippen LogP contribution in [0.2, 0.25) is 0 Å². The average molecular weight is 264 g/mol. The Bertz CT molecular complexity index is 571. The SMILES string of the molecule is CC1(C)COB(c2ccc3c(ccn3Cl)c2)OC1. The van der Waals surface area contributed by atoms with E-state index < -0.39 is 0 Å². The minimum atomic E-state index is -0.263. The molecule has 0 radical (unpaired) electrons. The molecule has 1 fully saturated rings. The fraction of sp³-hybridized carbons (Fsp3) is 0.385. The molecule has 2 heterocycles. The van der Waals surface area contributed by atoms with Crippen LogP contribution in [0.3, 0.4) is 0 Å².